The fourth-order valence-electron chi connectivity index (χ4n) is 1.86. The number of hydrogen-bond donors (Lipinski definition) is 0. The Morgan fingerprint density at radius 3 is 2.29 bits per heavy atom. The average Bonchev–Trinajstić information content (AvgIpc) is 2.27. The molecule has 0 saturated carbocycles. The second kappa shape index (κ2) is 9.90. The predicted octanol–water partition coefficient (Wildman–Crippen LogP) is 4.38. The standard InChI is InChI=1S/C15H31O2/c1-6-8-12-16-13-10-9-11-15(5,7-2)17-14(3)4/h14H,2,6-13H2,1,3-5H3. The molecule has 0 aliphatic rings. The van der Waals surface area contributed by atoms with Gasteiger partial charge in [-0.05, 0) is 52.9 Å². The highest BCUT2D eigenvalue weighted by Crippen LogP contribution is 2.24. The lowest BCUT2D eigenvalue weighted by molar-refractivity contribution is -0.0731. The van der Waals surface area contributed by atoms with Crippen LogP contribution < -0.4 is 0 Å². The van der Waals surface area contributed by atoms with Gasteiger partial charge in [-0.2, -0.15) is 0 Å². The first kappa shape index (κ1) is 16.9. The van der Waals surface area contributed by atoms with Crippen LogP contribution in [0.5, 0.6) is 0 Å². The second-order valence-corrected chi connectivity index (χ2v) is 5.29. The summed E-state index contributed by atoms with van der Waals surface area (Å²) in [5, 5.41) is 0. The fraction of sp³-hybridized carbons (Fsp3) is 0.933. The smallest absolute Gasteiger partial charge is 0.0658 e. The predicted molar refractivity (Wildman–Crippen MR) is 74.2 cm³/mol. The zero-order valence-electron chi connectivity index (χ0n) is 12.3. The number of hydrogen-bond acceptors (Lipinski definition) is 2. The fourth-order valence-corrected chi connectivity index (χ4v) is 1.86. The van der Waals surface area contributed by atoms with E-state index in [-0.39, 0.29) is 11.7 Å². The van der Waals surface area contributed by atoms with E-state index in [1.54, 1.807) is 0 Å². The molecular formula is C15H31O2. The average molecular weight is 243 g/mol. The third kappa shape index (κ3) is 9.61. The maximum atomic E-state index is 5.93. The molecule has 0 rings (SSSR count). The van der Waals surface area contributed by atoms with E-state index in [1.807, 2.05) is 0 Å². The van der Waals surface area contributed by atoms with Crippen molar-refractivity contribution in [2.24, 2.45) is 0 Å². The van der Waals surface area contributed by atoms with E-state index < -0.39 is 0 Å². The van der Waals surface area contributed by atoms with Crippen LogP contribution in [0.1, 0.15) is 66.2 Å². The van der Waals surface area contributed by atoms with Crippen molar-refractivity contribution in [3.8, 4) is 0 Å². The van der Waals surface area contributed by atoms with Gasteiger partial charge in [0.15, 0.2) is 0 Å². The lowest BCUT2D eigenvalue weighted by atomic mass is 9.95. The van der Waals surface area contributed by atoms with E-state index >= 15 is 0 Å². The van der Waals surface area contributed by atoms with Crippen molar-refractivity contribution in [3.63, 3.8) is 0 Å². The van der Waals surface area contributed by atoms with Crippen LogP contribution in [0.2, 0.25) is 0 Å². The van der Waals surface area contributed by atoms with E-state index in [0.717, 1.165) is 38.9 Å². The minimum atomic E-state index is -0.0580. The van der Waals surface area contributed by atoms with Crippen molar-refractivity contribution >= 4 is 0 Å². The SMILES string of the molecule is [CH2]CC(C)(CCCCOCCCC)OC(C)C. The summed E-state index contributed by atoms with van der Waals surface area (Å²) in [4.78, 5) is 0. The van der Waals surface area contributed by atoms with Gasteiger partial charge in [0.05, 0.1) is 11.7 Å². The zero-order valence-corrected chi connectivity index (χ0v) is 12.3. The lowest BCUT2D eigenvalue weighted by Crippen LogP contribution is -2.31. The van der Waals surface area contributed by atoms with Gasteiger partial charge in [0.2, 0.25) is 0 Å². The molecule has 0 aliphatic heterocycles. The molecule has 0 spiro atoms. The van der Waals surface area contributed by atoms with Gasteiger partial charge >= 0.3 is 0 Å². The summed E-state index contributed by atoms with van der Waals surface area (Å²) in [6.45, 7) is 14.3. The molecule has 0 aromatic heterocycles. The van der Waals surface area contributed by atoms with E-state index in [0.29, 0.717) is 0 Å². The summed E-state index contributed by atoms with van der Waals surface area (Å²) < 4.78 is 11.5. The van der Waals surface area contributed by atoms with Gasteiger partial charge < -0.3 is 9.47 Å². The largest absolute Gasteiger partial charge is 0.381 e. The summed E-state index contributed by atoms with van der Waals surface area (Å²) in [6, 6.07) is 0. The van der Waals surface area contributed by atoms with Crippen LogP contribution in [0.15, 0.2) is 0 Å². The molecule has 0 heterocycles. The topological polar surface area (TPSA) is 18.5 Å². The molecule has 0 N–H and O–H groups in total. The Morgan fingerprint density at radius 2 is 1.76 bits per heavy atom. The number of rotatable bonds is 11. The highest BCUT2D eigenvalue weighted by Gasteiger charge is 2.23. The minimum absolute atomic E-state index is 0.0580. The summed E-state index contributed by atoms with van der Waals surface area (Å²) >= 11 is 0. The quantitative estimate of drug-likeness (QED) is 0.501. The van der Waals surface area contributed by atoms with Crippen LogP contribution in [0.25, 0.3) is 0 Å². The molecule has 0 amide bonds. The monoisotopic (exact) mass is 243 g/mol. The van der Waals surface area contributed by atoms with E-state index in [9.17, 15) is 0 Å². The minimum Gasteiger partial charge on any atom is -0.381 e. The van der Waals surface area contributed by atoms with Crippen molar-refractivity contribution in [1.82, 2.24) is 0 Å². The zero-order chi connectivity index (χ0) is 13.1. The molecule has 0 aromatic carbocycles. The van der Waals surface area contributed by atoms with Crippen LogP contribution in [-0.2, 0) is 9.47 Å². The first-order valence-electron chi connectivity index (χ1n) is 7.09. The van der Waals surface area contributed by atoms with Gasteiger partial charge in [-0.3, -0.25) is 0 Å². The van der Waals surface area contributed by atoms with Crippen molar-refractivity contribution in [2.75, 3.05) is 13.2 Å². The van der Waals surface area contributed by atoms with Gasteiger partial charge in [-0.25, -0.2) is 0 Å². The molecule has 0 aliphatic carbocycles. The van der Waals surface area contributed by atoms with Crippen LogP contribution in [0.3, 0.4) is 0 Å². The van der Waals surface area contributed by atoms with Crippen molar-refractivity contribution in [2.45, 2.75) is 77.9 Å². The Morgan fingerprint density at radius 1 is 1.12 bits per heavy atom. The maximum absolute atomic E-state index is 5.93. The third-order valence-corrected chi connectivity index (χ3v) is 2.94. The maximum Gasteiger partial charge on any atom is 0.0658 e. The van der Waals surface area contributed by atoms with E-state index in [2.05, 4.69) is 34.6 Å². The Kier molecular flexibility index (Phi) is 9.85. The highest BCUT2D eigenvalue weighted by molar-refractivity contribution is 4.77. The van der Waals surface area contributed by atoms with Crippen LogP contribution in [0.4, 0.5) is 0 Å². The van der Waals surface area contributed by atoms with Gasteiger partial charge in [-0.1, -0.05) is 20.3 Å². The van der Waals surface area contributed by atoms with E-state index in [4.69, 9.17) is 9.47 Å². The molecule has 0 bridgehead atoms. The van der Waals surface area contributed by atoms with Crippen LogP contribution >= 0.6 is 0 Å². The molecule has 1 radical (unpaired) electrons. The molecule has 103 valence electrons. The Hall–Kier alpha value is -0.0800. The molecule has 0 aromatic rings. The van der Waals surface area contributed by atoms with Gasteiger partial charge in [-0.15, -0.1) is 0 Å². The molecule has 2 heteroatoms. The molecule has 0 saturated heterocycles. The first-order chi connectivity index (χ1) is 8.04. The molecule has 17 heavy (non-hydrogen) atoms. The lowest BCUT2D eigenvalue weighted by Gasteiger charge is -2.31. The van der Waals surface area contributed by atoms with Crippen molar-refractivity contribution in [1.29, 1.82) is 0 Å². The molecule has 0 fully saturated rings. The third-order valence-electron chi connectivity index (χ3n) is 2.94. The van der Waals surface area contributed by atoms with Crippen molar-refractivity contribution < 1.29 is 9.47 Å². The molecule has 1 unspecified atom stereocenters. The highest BCUT2D eigenvalue weighted by atomic mass is 16.5. The van der Waals surface area contributed by atoms with Gasteiger partial charge in [0.25, 0.3) is 0 Å². The Balaban J connectivity index is 3.55. The Labute approximate surface area is 108 Å². The molecular weight excluding hydrogens is 212 g/mol. The van der Waals surface area contributed by atoms with Gasteiger partial charge in [0, 0.05) is 13.2 Å². The Bertz CT molecular complexity index is 168. The van der Waals surface area contributed by atoms with Crippen LogP contribution in [0, 0.1) is 6.92 Å². The van der Waals surface area contributed by atoms with Gasteiger partial charge in [0.1, 0.15) is 0 Å². The van der Waals surface area contributed by atoms with E-state index in [1.165, 1.54) is 12.8 Å². The second-order valence-electron chi connectivity index (χ2n) is 5.29. The molecule has 2 nitrogen and oxygen atoms in total. The number of unbranched alkanes of at least 4 members (excludes halogenated alkanes) is 2. The summed E-state index contributed by atoms with van der Waals surface area (Å²) in [6.07, 6.45) is 6.86. The summed E-state index contributed by atoms with van der Waals surface area (Å²) in [5.74, 6) is 0. The normalized spacial score (nSPS) is 15.2. The summed E-state index contributed by atoms with van der Waals surface area (Å²) in [7, 11) is 0. The van der Waals surface area contributed by atoms with Crippen LogP contribution in [-0.4, -0.2) is 24.9 Å². The van der Waals surface area contributed by atoms with Crippen molar-refractivity contribution in [3.05, 3.63) is 6.92 Å². The number of ether oxygens (including phenoxy) is 2. The molecule has 1 atom stereocenters. The first-order valence-corrected chi connectivity index (χ1v) is 7.09. The summed E-state index contributed by atoms with van der Waals surface area (Å²) in [5.41, 5.74) is -0.0580.